The van der Waals surface area contributed by atoms with Crippen molar-refractivity contribution >= 4 is 39.3 Å². The SMILES string of the molecule is C=CCN(CCN1CCOCC1)C(=O)C1N([C@H](C)CO)C(=O)[C@@H]2[C@@H](C(=O)N(CC=C)c3ccccc3)[C@@H]3OC12CC3Br. The molecular formula is C31H41BrN4O6. The zero-order chi connectivity index (χ0) is 30.0. The molecule has 42 heavy (non-hydrogen) atoms. The fourth-order valence-corrected chi connectivity index (χ4v) is 8.08. The summed E-state index contributed by atoms with van der Waals surface area (Å²) in [5.41, 5.74) is -0.504. The highest BCUT2D eigenvalue weighted by Crippen LogP contribution is 2.61. The number of para-hydroxylation sites is 1. The Kier molecular flexibility index (Phi) is 9.53. The molecule has 228 valence electrons. The normalized spacial score (nSPS) is 31.1. The molecule has 0 saturated carbocycles. The molecule has 10 nitrogen and oxygen atoms in total. The van der Waals surface area contributed by atoms with Crippen LogP contribution in [-0.2, 0) is 23.9 Å². The second-order valence-corrected chi connectivity index (χ2v) is 12.7. The number of aliphatic hydroxyl groups is 1. The number of carbonyl (C=O) groups excluding carboxylic acids is 3. The molecule has 3 unspecified atom stereocenters. The minimum atomic E-state index is -1.20. The summed E-state index contributed by atoms with van der Waals surface area (Å²) in [6, 6.07) is 7.67. The molecule has 1 spiro atoms. The van der Waals surface area contributed by atoms with Crippen LogP contribution in [-0.4, -0.2) is 125 Å². The van der Waals surface area contributed by atoms with Gasteiger partial charge in [0, 0.05) is 49.8 Å². The molecule has 1 aromatic rings. The van der Waals surface area contributed by atoms with E-state index in [2.05, 4.69) is 34.0 Å². The number of alkyl halides is 1. The molecule has 0 radical (unpaired) electrons. The van der Waals surface area contributed by atoms with Crippen molar-refractivity contribution in [3.63, 3.8) is 0 Å². The van der Waals surface area contributed by atoms with E-state index in [0.29, 0.717) is 45.0 Å². The Labute approximate surface area is 256 Å². The van der Waals surface area contributed by atoms with Crippen LogP contribution in [0.5, 0.6) is 0 Å². The van der Waals surface area contributed by atoms with Gasteiger partial charge >= 0.3 is 0 Å². The Bertz CT molecular complexity index is 1180. The monoisotopic (exact) mass is 644 g/mol. The number of amides is 3. The van der Waals surface area contributed by atoms with Crippen LogP contribution < -0.4 is 4.90 Å². The number of anilines is 1. The second kappa shape index (κ2) is 13.0. The molecule has 1 N–H and O–H groups in total. The number of hydrogen-bond acceptors (Lipinski definition) is 7. The van der Waals surface area contributed by atoms with Crippen LogP contribution in [0.25, 0.3) is 0 Å². The van der Waals surface area contributed by atoms with Crippen molar-refractivity contribution in [2.75, 3.05) is 64.0 Å². The molecule has 4 saturated heterocycles. The lowest BCUT2D eigenvalue weighted by Crippen LogP contribution is -2.59. The zero-order valence-electron chi connectivity index (χ0n) is 24.1. The maximum atomic E-state index is 14.5. The number of halogens is 1. The third-order valence-corrected chi connectivity index (χ3v) is 9.93. The highest BCUT2D eigenvalue weighted by atomic mass is 79.9. The standard InChI is InChI=1S/C31H41BrN4O6/c1-4-11-34(14-13-33-15-17-41-18-16-33)30(40)27-31-19-23(32)26(42-31)24(25(31)29(39)36(27)21(3)20-37)28(38)35(12-5-2)22-9-7-6-8-10-22/h4-10,21,23-27,37H,1-2,11-20H2,3H3/t21-,23?,24-,25+,26-,27?,31?/m1/s1. The summed E-state index contributed by atoms with van der Waals surface area (Å²) in [5.74, 6) is -2.47. The largest absolute Gasteiger partial charge is 0.394 e. The molecule has 1 aromatic carbocycles. The van der Waals surface area contributed by atoms with E-state index in [-0.39, 0.29) is 35.7 Å². The number of benzene rings is 1. The minimum Gasteiger partial charge on any atom is -0.394 e. The maximum Gasteiger partial charge on any atom is 0.248 e. The summed E-state index contributed by atoms with van der Waals surface area (Å²) in [7, 11) is 0. The molecular weight excluding hydrogens is 604 g/mol. The smallest absolute Gasteiger partial charge is 0.248 e. The van der Waals surface area contributed by atoms with E-state index >= 15 is 0 Å². The van der Waals surface area contributed by atoms with Crippen molar-refractivity contribution < 1.29 is 29.0 Å². The van der Waals surface area contributed by atoms with E-state index in [0.717, 1.165) is 13.1 Å². The molecule has 5 rings (SSSR count). The average Bonchev–Trinajstić information content (AvgIpc) is 3.61. The summed E-state index contributed by atoms with van der Waals surface area (Å²) >= 11 is 3.75. The summed E-state index contributed by atoms with van der Waals surface area (Å²) in [4.78, 5) is 50.0. The third-order valence-electron chi connectivity index (χ3n) is 9.08. The van der Waals surface area contributed by atoms with Gasteiger partial charge in [-0.05, 0) is 25.5 Å². The Balaban J connectivity index is 1.50. The highest BCUT2D eigenvalue weighted by Gasteiger charge is 2.77. The predicted molar refractivity (Wildman–Crippen MR) is 162 cm³/mol. The van der Waals surface area contributed by atoms with Crippen LogP contribution in [0.4, 0.5) is 5.69 Å². The van der Waals surface area contributed by atoms with Crippen LogP contribution in [0.2, 0.25) is 0 Å². The van der Waals surface area contributed by atoms with Crippen molar-refractivity contribution in [3.8, 4) is 0 Å². The first kappa shape index (κ1) is 30.9. The quantitative estimate of drug-likeness (QED) is 0.273. The fraction of sp³-hybridized carbons (Fsp3) is 0.581. The number of morpholine rings is 1. The molecule has 2 bridgehead atoms. The summed E-state index contributed by atoms with van der Waals surface area (Å²) in [6.07, 6.45) is 3.17. The lowest BCUT2D eigenvalue weighted by Gasteiger charge is -2.39. The Morgan fingerprint density at radius 1 is 1.17 bits per heavy atom. The van der Waals surface area contributed by atoms with Gasteiger partial charge in [-0.2, -0.15) is 0 Å². The molecule has 0 aliphatic carbocycles. The van der Waals surface area contributed by atoms with Crippen molar-refractivity contribution in [3.05, 3.63) is 55.6 Å². The maximum absolute atomic E-state index is 14.5. The number of rotatable bonds is 12. The number of aliphatic hydroxyl groups excluding tert-OH is 1. The number of nitrogens with zero attached hydrogens (tertiary/aromatic N) is 4. The van der Waals surface area contributed by atoms with E-state index in [9.17, 15) is 19.5 Å². The first-order valence-electron chi connectivity index (χ1n) is 14.7. The summed E-state index contributed by atoms with van der Waals surface area (Å²) < 4.78 is 12.1. The number of ether oxygens (including phenoxy) is 2. The summed E-state index contributed by atoms with van der Waals surface area (Å²) in [5, 5.41) is 10.2. The molecule has 3 amide bonds. The van der Waals surface area contributed by atoms with Gasteiger partial charge in [0.15, 0.2) is 0 Å². The Hall–Kier alpha value is -2.57. The van der Waals surface area contributed by atoms with Crippen molar-refractivity contribution in [1.29, 1.82) is 0 Å². The summed E-state index contributed by atoms with van der Waals surface area (Å²) in [6.45, 7) is 13.7. The van der Waals surface area contributed by atoms with Crippen LogP contribution in [0, 0.1) is 11.8 Å². The van der Waals surface area contributed by atoms with Gasteiger partial charge in [-0.25, -0.2) is 0 Å². The van der Waals surface area contributed by atoms with Crippen LogP contribution in [0.15, 0.2) is 55.6 Å². The average molecular weight is 646 g/mol. The second-order valence-electron chi connectivity index (χ2n) is 11.5. The first-order chi connectivity index (χ1) is 20.3. The van der Waals surface area contributed by atoms with Crippen LogP contribution in [0.1, 0.15) is 13.3 Å². The molecule has 4 aliphatic heterocycles. The van der Waals surface area contributed by atoms with Gasteiger partial charge in [0.25, 0.3) is 0 Å². The van der Waals surface area contributed by atoms with Gasteiger partial charge in [0.2, 0.25) is 17.7 Å². The van der Waals surface area contributed by atoms with Gasteiger partial charge in [0.1, 0.15) is 11.6 Å². The van der Waals surface area contributed by atoms with Crippen LogP contribution in [0.3, 0.4) is 0 Å². The molecule has 11 heteroatoms. The molecule has 4 fully saturated rings. The molecule has 4 aliphatic rings. The van der Waals surface area contributed by atoms with Crippen molar-refractivity contribution in [2.24, 2.45) is 11.8 Å². The number of carbonyl (C=O) groups is 3. The van der Waals surface area contributed by atoms with Gasteiger partial charge in [-0.1, -0.05) is 46.3 Å². The van der Waals surface area contributed by atoms with Gasteiger partial charge in [0.05, 0.1) is 43.8 Å². The van der Waals surface area contributed by atoms with Gasteiger partial charge in [-0.15, -0.1) is 13.2 Å². The van der Waals surface area contributed by atoms with Gasteiger partial charge < -0.3 is 29.3 Å². The lowest BCUT2D eigenvalue weighted by molar-refractivity contribution is -0.150. The Morgan fingerprint density at radius 3 is 2.50 bits per heavy atom. The molecule has 7 atom stereocenters. The molecule has 0 aromatic heterocycles. The van der Waals surface area contributed by atoms with E-state index < -0.39 is 35.6 Å². The van der Waals surface area contributed by atoms with Crippen molar-refractivity contribution in [1.82, 2.24) is 14.7 Å². The topological polar surface area (TPSA) is 103 Å². The van der Waals surface area contributed by atoms with E-state index in [4.69, 9.17) is 9.47 Å². The minimum absolute atomic E-state index is 0.224. The van der Waals surface area contributed by atoms with E-state index in [1.165, 1.54) is 4.90 Å². The van der Waals surface area contributed by atoms with E-state index in [1.54, 1.807) is 28.9 Å². The lowest BCUT2D eigenvalue weighted by atomic mass is 9.70. The predicted octanol–water partition coefficient (Wildman–Crippen LogP) is 1.68. The highest BCUT2D eigenvalue weighted by molar-refractivity contribution is 9.09. The van der Waals surface area contributed by atoms with E-state index in [1.807, 2.05) is 30.3 Å². The molecule has 4 heterocycles. The number of likely N-dealkylation sites (tertiary alicyclic amines) is 1. The van der Waals surface area contributed by atoms with Crippen molar-refractivity contribution in [2.45, 2.75) is 42.0 Å². The zero-order valence-corrected chi connectivity index (χ0v) is 25.7. The fourth-order valence-electron chi connectivity index (χ4n) is 7.14. The third kappa shape index (κ3) is 5.34. The number of hydrogen-bond donors (Lipinski definition) is 1. The number of fused-ring (bicyclic) bond motifs is 1. The first-order valence-corrected chi connectivity index (χ1v) is 15.6. The van der Waals surface area contributed by atoms with Crippen LogP contribution >= 0.6 is 15.9 Å². The Morgan fingerprint density at radius 2 is 1.86 bits per heavy atom. The van der Waals surface area contributed by atoms with Gasteiger partial charge in [-0.3, -0.25) is 19.3 Å².